The fourth-order valence-electron chi connectivity index (χ4n) is 11.4. The van der Waals surface area contributed by atoms with E-state index in [9.17, 15) is 15.3 Å². The zero-order valence-corrected chi connectivity index (χ0v) is 23.0. The molecule has 3 N–H and O–H groups in total. The first-order chi connectivity index (χ1) is 15.7. The molecule has 11 atom stereocenters. The average Bonchev–Trinajstić information content (AvgIpc) is 3.33. The Morgan fingerprint density at radius 3 is 2.24 bits per heavy atom. The van der Waals surface area contributed by atoms with E-state index in [1.807, 2.05) is 0 Å². The topological polar surface area (TPSA) is 60.7 Å². The van der Waals surface area contributed by atoms with Gasteiger partial charge in [-0.3, -0.25) is 0 Å². The van der Waals surface area contributed by atoms with Crippen LogP contribution in [0.2, 0.25) is 0 Å². The van der Waals surface area contributed by atoms with Gasteiger partial charge in [-0.25, -0.2) is 0 Å². The molecule has 0 bridgehead atoms. The Labute approximate surface area is 208 Å². The quantitative estimate of drug-likeness (QED) is 0.408. The van der Waals surface area contributed by atoms with Gasteiger partial charge < -0.3 is 15.3 Å². The van der Waals surface area contributed by atoms with Crippen molar-refractivity contribution in [2.75, 3.05) is 0 Å². The summed E-state index contributed by atoms with van der Waals surface area (Å²) < 4.78 is 0. The van der Waals surface area contributed by atoms with Gasteiger partial charge in [0.2, 0.25) is 0 Å². The molecule has 0 amide bonds. The van der Waals surface area contributed by atoms with Crippen molar-refractivity contribution in [2.45, 2.75) is 125 Å². The van der Waals surface area contributed by atoms with Crippen LogP contribution in [0, 0.1) is 56.7 Å². The van der Waals surface area contributed by atoms with Crippen molar-refractivity contribution in [1.29, 1.82) is 0 Å². The molecule has 0 aromatic rings. The number of hydrogen-bond donors (Lipinski definition) is 3. The highest BCUT2D eigenvalue weighted by Gasteiger charge is 2.84. The third-order valence-corrected chi connectivity index (χ3v) is 13.4. The van der Waals surface area contributed by atoms with Gasteiger partial charge in [-0.05, 0) is 114 Å². The molecule has 5 saturated carbocycles. The number of aliphatic hydroxyl groups is 3. The molecule has 0 aliphatic heterocycles. The Balaban J connectivity index is 1.45. The van der Waals surface area contributed by atoms with Crippen LogP contribution in [0.3, 0.4) is 0 Å². The SMILES string of the molecule is C=C(CCC(C)C1C(O)CC2(C)C3CC(O)C4C(C)(C)C(O)CCC45CC35CCC12C)C(C)C. The summed E-state index contributed by atoms with van der Waals surface area (Å²) in [6, 6.07) is 0. The van der Waals surface area contributed by atoms with Gasteiger partial charge in [0, 0.05) is 0 Å². The van der Waals surface area contributed by atoms with E-state index in [0.29, 0.717) is 29.1 Å². The summed E-state index contributed by atoms with van der Waals surface area (Å²) >= 11 is 0. The molecule has 0 radical (unpaired) electrons. The summed E-state index contributed by atoms with van der Waals surface area (Å²) in [5.74, 6) is 2.01. The highest BCUT2D eigenvalue weighted by Crippen LogP contribution is 2.89. The predicted octanol–water partition coefficient (Wildman–Crippen LogP) is 6.36. The second kappa shape index (κ2) is 7.57. The average molecular weight is 473 g/mol. The Morgan fingerprint density at radius 2 is 1.59 bits per heavy atom. The van der Waals surface area contributed by atoms with E-state index in [0.717, 1.165) is 38.5 Å². The molecule has 34 heavy (non-hydrogen) atoms. The van der Waals surface area contributed by atoms with E-state index in [-0.39, 0.29) is 45.9 Å². The maximum absolute atomic E-state index is 11.7. The molecule has 0 aromatic carbocycles. The lowest BCUT2D eigenvalue weighted by Crippen LogP contribution is -2.61. The lowest BCUT2D eigenvalue weighted by Gasteiger charge is -2.64. The molecule has 0 heterocycles. The fourth-order valence-corrected chi connectivity index (χ4v) is 11.4. The summed E-state index contributed by atoms with van der Waals surface area (Å²) in [4.78, 5) is 0. The molecule has 0 aromatic heterocycles. The zero-order valence-electron chi connectivity index (χ0n) is 23.0. The number of allylic oxidation sites excluding steroid dienone is 1. The van der Waals surface area contributed by atoms with E-state index in [1.54, 1.807) is 0 Å². The normalized spacial score (nSPS) is 54.0. The minimum absolute atomic E-state index is 0.0638. The molecule has 3 heteroatoms. The number of hydrogen-bond acceptors (Lipinski definition) is 3. The van der Waals surface area contributed by atoms with E-state index in [2.05, 4.69) is 55.0 Å². The zero-order chi connectivity index (χ0) is 25.1. The molecule has 3 nitrogen and oxygen atoms in total. The van der Waals surface area contributed by atoms with Crippen molar-refractivity contribution in [1.82, 2.24) is 0 Å². The van der Waals surface area contributed by atoms with Crippen LogP contribution in [-0.4, -0.2) is 33.6 Å². The summed E-state index contributed by atoms with van der Waals surface area (Å²) in [5.41, 5.74) is 1.80. The van der Waals surface area contributed by atoms with Crippen LogP contribution < -0.4 is 0 Å². The Bertz CT molecular complexity index is 848. The smallest absolute Gasteiger partial charge is 0.0595 e. The van der Waals surface area contributed by atoms with Gasteiger partial charge in [-0.15, -0.1) is 0 Å². The monoisotopic (exact) mass is 472 g/mol. The van der Waals surface area contributed by atoms with Crippen molar-refractivity contribution >= 4 is 0 Å². The summed E-state index contributed by atoms with van der Waals surface area (Å²) in [7, 11) is 0. The third kappa shape index (κ3) is 2.93. The first kappa shape index (κ1) is 25.3. The van der Waals surface area contributed by atoms with Gasteiger partial charge in [0.1, 0.15) is 0 Å². The van der Waals surface area contributed by atoms with Crippen LogP contribution >= 0.6 is 0 Å². The second-order valence-electron chi connectivity index (χ2n) is 15.2. The molecule has 5 fully saturated rings. The van der Waals surface area contributed by atoms with Gasteiger partial charge >= 0.3 is 0 Å². The minimum atomic E-state index is -0.340. The molecule has 5 aliphatic carbocycles. The Morgan fingerprint density at radius 1 is 0.912 bits per heavy atom. The molecule has 2 spiro atoms. The fraction of sp³-hybridized carbons (Fsp3) is 0.935. The lowest BCUT2D eigenvalue weighted by atomic mass is 9.41. The summed E-state index contributed by atoms with van der Waals surface area (Å²) in [6.07, 6.45) is 8.64. The van der Waals surface area contributed by atoms with E-state index in [4.69, 9.17) is 0 Å². The summed E-state index contributed by atoms with van der Waals surface area (Å²) in [6.45, 7) is 20.5. The van der Waals surface area contributed by atoms with Crippen LogP contribution in [0.1, 0.15) is 106 Å². The molecule has 5 aliphatic rings. The van der Waals surface area contributed by atoms with Crippen LogP contribution in [0.5, 0.6) is 0 Å². The largest absolute Gasteiger partial charge is 0.393 e. The number of fused-ring (bicyclic) bond motifs is 2. The standard InChI is InChI=1S/C31H52O3/c1-18(2)19(3)9-10-20(4)25-22(33)16-29(8)23-15-21(32)26-27(5,6)24(34)11-12-31(26)17-30(23,31)14-13-28(25,29)7/h18,20-26,32-34H,3,9-17H2,1-2,4-8H3. The molecular weight excluding hydrogens is 420 g/mol. The number of aliphatic hydroxyl groups excluding tert-OH is 3. The predicted molar refractivity (Wildman–Crippen MR) is 138 cm³/mol. The molecule has 5 rings (SSSR count). The van der Waals surface area contributed by atoms with Crippen LogP contribution in [0.25, 0.3) is 0 Å². The van der Waals surface area contributed by atoms with Crippen LogP contribution in [0.15, 0.2) is 12.2 Å². The maximum atomic E-state index is 11.7. The van der Waals surface area contributed by atoms with Gasteiger partial charge in [0.05, 0.1) is 18.3 Å². The maximum Gasteiger partial charge on any atom is 0.0595 e. The molecule has 194 valence electrons. The first-order valence-electron chi connectivity index (χ1n) is 14.4. The van der Waals surface area contributed by atoms with Crippen LogP contribution in [0.4, 0.5) is 0 Å². The van der Waals surface area contributed by atoms with Crippen molar-refractivity contribution < 1.29 is 15.3 Å². The number of rotatable bonds is 5. The Hall–Kier alpha value is -0.380. The van der Waals surface area contributed by atoms with E-state index >= 15 is 0 Å². The first-order valence-corrected chi connectivity index (χ1v) is 14.4. The van der Waals surface area contributed by atoms with E-state index in [1.165, 1.54) is 24.8 Å². The molecule has 11 unspecified atom stereocenters. The third-order valence-electron chi connectivity index (χ3n) is 13.4. The highest BCUT2D eigenvalue weighted by atomic mass is 16.3. The molecular formula is C31H52O3. The lowest BCUT2D eigenvalue weighted by molar-refractivity contribution is -0.198. The van der Waals surface area contributed by atoms with Crippen molar-refractivity contribution in [3.05, 3.63) is 12.2 Å². The van der Waals surface area contributed by atoms with Gasteiger partial charge in [0.25, 0.3) is 0 Å². The Kier molecular flexibility index (Phi) is 5.63. The van der Waals surface area contributed by atoms with Gasteiger partial charge in [-0.2, -0.15) is 0 Å². The second-order valence-corrected chi connectivity index (χ2v) is 15.2. The summed E-state index contributed by atoms with van der Waals surface area (Å²) in [5, 5.41) is 34.1. The van der Waals surface area contributed by atoms with Crippen molar-refractivity contribution in [2.24, 2.45) is 56.7 Å². The minimum Gasteiger partial charge on any atom is -0.393 e. The van der Waals surface area contributed by atoms with Crippen LogP contribution in [-0.2, 0) is 0 Å². The van der Waals surface area contributed by atoms with Gasteiger partial charge in [-0.1, -0.05) is 60.6 Å². The van der Waals surface area contributed by atoms with Gasteiger partial charge in [0.15, 0.2) is 0 Å². The molecule has 0 saturated heterocycles. The van der Waals surface area contributed by atoms with Crippen molar-refractivity contribution in [3.8, 4) is 0 Å². The van der Waals surface area contributed by atoms with E-state index < -0.39 is 0 Å². The highest BCUT2D eigenvalue weighted by molar-refractivity contribution is 5.32. The van der Waals surface area contributed by atoms with Crippen molar-refractivity contribution in [3.63, 3.8) is 0 Å².